The molecule has 0 saturated heterocycles. The van der Waals surface area contributed by atoms with Crippen LogP contribution in [0.5, 0.6) is 11.5 Å². The summed E-state index contributed by atoms with van der Waals surface area (Å²) in [6.07, 6.45) is -5.85. The predicted molar refractivity (Wildman–Crippen MR) is 91.3 cm³/mol. The first-order chi connectivity index (χ1) is 13.0. The highest BCUT2D eigenvalue weighted by Gasteiger charge is 2.30. The highest BCUT2D eigenvalue weighted by molar-refractivity contribution is 6.32. The fourth-order valence-corrected chi connectivity index (χ4v) is 2.31. The molecule has 0 atom stereocenters. The molecule has 0 fully saturated rings. The van der Waals surface area contributed by atoms with Gasteiger partial charge in [-0.1, -0.05) is 11.6 Å². The first-order valence-corrected chi connectivity index (χ1v) is 8.07. The van der Waals surface area contributed by atoms with Gasteiger partial charge in [-0.3, -0.25) is 14.4 Å². The van der Waals surface area contributed by atoms with Crippen molar-refractivity contribution in [2.45, 2.75) is 12.6 Å². The zero-order valence-electron chi connectivity index (χ0n) is 15.0. The second-order valence-corrected chi connectivity index (χ2v) is 5.82. The van der Waals surface area contributed by atoms with E-state index in [1.165, 1.54) is 7.11 Å². The van der Waals surface area contributed by atoms with Gasteiger partial charge in [-0.25, -0.2) is 0 Å². The molecule has 28 heavy (non-hydrogen) atoms. The number of carbonyl (C=O) groups excluding carboxylic acids is 3. The molecule has 0 aliphatic carbocycles. The van der Waals surface area contributed by atoms with E-state index >= 15 is 0 Å². The molecule has 0 aliphatic rings. The minimum atomic E-state index is -4.53. The van der Waals surface area contributed by atoms with Gasteiger partial charge in [-0.2, -0.15) is 13.2 Å². The number of methoxy groups -OCH3 is 2. The van der Waals surface area contributed by atoms with E-state index in [1.54, 1.807) is 0 Å². The largest absolute Gasteiger partial charge is 0.493 e. The molecule has 0 heterocycles. The number of hydrogen-bond donors (Lipinski definition) is 1. The number of nitrogens with two attached hydrogens (primary N) is 1. The van der Waals surface area contributed by atoms with Gasteiger partial charge in [-0.15, -0.1) is 0 Å². The number of alkyl halides is 3. The molecular weight excluding hydrogens is 409 g/mol. The van der Waals surface area contributed by atoms with Gasteiger partial charge in [-0.05, 0) is 12.1 Å². The SMILES string of the molecule is COC(=O)CN(CCC(F)(F)F)C(=O)c1cc(Cl)c(OCC(N)=O)c(OC)c1. The van der Waals surface area contributed by atoms with Gasteiger partial charge in [0.25, 0.3) is 11.8 Å². The summed E-state index contributed by atoms with van der Waals surface area (Å²) in [4.78, 5) is 35.6. The molecule has 0 unspecified atom stereocenters. The fraction of sp³-hybridized carbons (Fsp3) is 0.438. The van der Waals surface area contributed by atoms with Crippen LogP contribution in [0.1, 0.15) is 16.8 Å². The predicted octanol–water partition coefficient (Wildman–Crippen LogP) is 1.78. The number of esters is 1. The van der Waals surface area contributed by atoms with Crippen LogP contribution in [0.2, 0.25) is 5.02 Å². The summed E-state index contributed by atoms with van der Waals surface area (Å²) in [5.74, 6) is -2.71. The molecule has 1 aromatic carbocycles. The molecule has 0 saturated carbocycles. The summed E-state index contributed by atoms with van der Waals surface area (Å²) in [6.45, 7) is -1.97. The van der Waals surface area contributed by atoms with Gasteiger partial charge >= 0.3 is 12.1 Å². The van der Waals surface area contributed by atoms with Crippen molar-refractivity contribution in [2.24, 2.45) is 5.73 Å². The molecule has 1 aromatic rings. The molecule has 0 radical (unpaired) electrons. The minimum Gasteiger partial charge on any atom is -0.493 e. The van der Waals surface area contributed by atoms with E-state index in [0.29, 0.717) is 4.90 Å². The topological polar surface area (TPSA) is 108 Å². The summed E-state index contributed by atoms with van der Waals surface area (Å²) in [5.41, 5.74) is 4.83. The average Bonchev–Trinajstić information content (AvgIpc) is 2.61. The average molecular weight is 427 g/mol. The van der Waals surface area contributed by atoms with Crippen molar-refractivity contribution < 1.29 is 41.8 Å². The van der Waals surface area contributed by atoms with Crippen LogP contribution in [0.15, 0.2) is 12.1 Å². The summed E-state index contributed by atoms with van der Waals surface area (Å²) >= 11 is 6.03. The van der Waals surface area contributed by atoms with Gasteiger partial charge in [0.15, 0.2) is 18.1 Å². The van der Waals surface area contributed by atoms with Gasteiger partial charge in [0.1, 0.15) is 6.54 Å². The van der Waals surface area contributed by atoms with Crippen molar-refractivity contribution in [2.75, 3.05) is 33.9 Å². The third kappa shape index (κ3) is 7.14. The molecule has 0 aliphatic heterocycles. The number of nitrogens with zero attached hydrogens (tertiary/aromatic N) is 1. The fourth-order valence-electron chi connectivity index (χ4n) is 2.04. The van der Waals surface area contributed by atoms with Gasteiger partial charge in [0.05, 0.1) is 25.7 Å². The summed E-state index contributed by atoms with van der Waals surface area (Å²) < 4.78 is 52.2. The maximum Gasteiger partial charge on any atom is 0.390 e. The number of primary amides is 1. The van der Waals surface area contributed by atoms with E-state index in [4.69, 9.17) is 26.8 Å². The molecule has 1 rings (SSSR count). The first kappa shape index (κ1) is 23.3. The van der Waals surface area contributed by atoms with E-state index in [9.17, 15) is 27.6 Å². The Morgan fingerprint density at radius 2 is 1.86 bits per heavy atom. The van der Waals surface area contributed by atoms with Gasteiger partial charge in [0, 0.05) is 12.1 Å². The van der Waals surface area contributed by atoms with E-state index < -0.39 is 50.1 Å². The Labute approximate surface area is 163 Å². The van der Waals surface area contributed by atoms with E-state index in [1.807, 2.05) is 0 Å². The van der Waals surface area contributed by atoms with E-state index in [0.717, 1.165) is 19.2 Å². The van der Waals surface area contributed by atoms with Crippen LogP contribution in [0.25, 0.3) is 0 Å². The molecule has 0 spiro atoms. The lowest BCUT2D eigenvalue weighted by molar-refractivity contribution is -0.145. The number of hydrogen-bond acceptors (Lipinski definition) is 6. The zero-order chi connectivity index (χ0) is 21.5. The lowest BCUT2D eigenvalue weighted by atomic mass is 10.1. The maximum absolute atomic E-state index is 12.6. The number of halogens is 4. The normalized spacial score (nSPS) is 10.9. The summed E-state index contributed by atoms with van der Waals surface area (Å²) in [5, 5.41) is -0.141. The van der Waals surface area contributed by atoms with Crippen LogP contribution >= 0.6 is 11.6 Å². The van der Waals surface area contributed by atoms with Crippen molar-refractivity contribution in [3.8, 4) is 11.5 Å². The van der Waals surface area contributed by atoms with Crippen molar-refractivity contribution in [3.05, 3.63) is 22.7 Å². The molecular formula is C16H18ClF3N2O6. The summed E-state index contributed by atoms with van der Waals surface area (Å²) in [7, 11) is 2.27. The molecule has 2 N–H and O–H groups in total. The van der Waals surface area contributed by atoms with Crippen molar-refractivity contribution in [1.82, 2.24) is 4.90 Å². The smallest absolute Gasteiger partial charge is 0.390 e. The Hall–Kier alpha value is -2.69. The van der Waals surface area contributed by atoms with Crippen LogP contribution in [-0.4, -0.2) is 62.8 Å². The molecule has 0 aromatic heterocycles. The van der Waals surface area contributed by atoms with Crippen molar-refractivity contribution >= 4 is 29.4 Å². The number of carbonyl (C=O) groups is 3. The van der Waals surface area contributed by atoms with E-state index in [-0.39, 0.29) is 22.1 Å². The lowest BCUT2D eigenvalue weighted by Gasteiger charge is -2.23. The Bertz CT molecular complexity index is 742. The van der Waals surface area contributed by atoms with Crippen LogP contribution in [0.4, 0.5) is 13.2 Å². The van der Waals surface area contributed by atoms with Crippen molar-refractivity contribution in [3.63, 3.8) is 0 Å². The highest BCUT2D eigenvalue weighted by atomic mass is 35.5. The summed E-state index contributed by atoms with van der Waals surface area (Å²) in [6, 6.07) is 2.27. The van der Waals surface area contributed by atoms with E-state index in [2.05, 4.69) is 4.74 Å². The second kappa shape index (κ2) is 10.0. The molecule has 0 bridgehead atoms. The van der Waals surface area contributed by atoms with Crippen LogP contribution in [0, 0.1) is 0 Å². The number of ether oxygens (including phenoxy) is 3. The molecule has 12 heteroatoms. The van der Waals surface area contributed by atoms with Crippen LogP contribution in [-0.2, 0) is 14.3 Å². The zero-order valence-corrected chi connectivity index (χ0v) is 15.7. The standard InChI is InChI=1S/C16H18ClF3N2O6/c1-26-11-6-9(5-10(17)14(11)28-8-12(21)23)15(25)22(7-13(24)27-2)4-3-16(18,19)20/h5-6H,3-4,7-8H2,1-2H3,(H2,21,23). The third-order valence-electron chi connectivity index (χ3n) is 3.34. The quantitative estimate of drug-likeness (QED) is 0.603. The molecule has 156 valence electrons. The monoisotopic (exact) mass is 426 g/mol. The molecule has 8 nitrogen and oxygen atoms in total. The first-order valence-electron chi connectivity index (χ1n) is 7.70. The Kier molecular flexibility index (Phi) is 8.35. The number of amides is 2. The lowest BCUT2D eigenvalue weighted by Crippen LogP contribution is -2.38. The third-order valence-corrected chi connectivity index (χ3v) is 3.62. The second-order valence-electron chi connectivity index (χ2n) is 5.41. The Morgan fingerprint density at radius 1 is 1.21 bits per heavy atom. The minimum absolute atomic E-state index is 0.0501. The number of rotatable bonds is 9. The van der Waals surface area contributed by atoms with Crippen LogP contribution in [0.3, 0.4) is 0 Å². The maximum atomic E-state index is 12.6. The van der Waals surface area contributed by atoms with Crippen LogP contribution < -0.4 is 15.2 Å². The molecule has 2 amide bonds. The Balaban J connectivity index is 3.17. The van der Waals surface area contributed by atoms with Gasteiger partial charge < -0.3 is 24.8 Å². The van der Waals surface area contributed by atoms with Crippen molar-refractivity contribution in [1.29, 1.82) is 0 Å². The Morgan fingerprint density at radius 3 is 2.36 bits per heavy atom. The number of benzene rings is 1. The van der Waals surface area contributed by atoms with Gasteiger partial charge in [0.2, 0.25) is 0 Å². The highest BCUT2D eigenvalue weighted by Crippen LogP contribution is 2.36.